The zero-order valence-electron chi connectivity index (χ0n) is 16.7. The van der Waals surface area contributed by atoms with E-state index in [4.69, 9.17) is 0 Å². The van der Waals surface area contributed by atoms with Crippen LogP contribution in [0.25, 0.3) is 10.9 Å². The average Bonchev–Trinajstić information content (AvgIpc) is 2.96. The third-order valence-electron chi connectivity index (χ3n) is 5.27. The molecule has 0 spiro atoms. The number of halogens is 2. The van der Waals surface area contributed by atoms with Crippen LogP contribution in [0.3, 0.4) is 0 Å². The average molecular weight is 423 g/mol. The van der Waals surface area contributed by atoms with Gasteiger partial charge in [0.25, 0.3) is 5.56 Å². The quantitative estimate of drug-likeness (QED) is 0.515. The molecule has 4 aromatic rings. The van der Waals surface area contributed by atoms with Crippen LogP contribution < -0.4 is 5.56 Å². The van der Waals surface area contributed by atoms with Crippen molar-refractivity contribution in [3.05, 3.63) is 99.1 Å². The van der Waals surface area contributed by atoms with Crippen LogP contribution in [-0.2, 0) is 24.3 Å². The maximum absolute atomic E-state index is 14.0. The summed E-state index contributed by atoms with van der Waals surface area (Å²) in [6, 6.07) is 13.3. The second kappa shape index (κ2) is 8.14. The first-order valence-electron chi connectivity index (χ1n) is 9.63. The molecule has 2 heterocycles. The number of carboxylic acids is 1. The molecule has 0 saturated heterocycles. The van der Waals surface area contributed by atoms with Gasteiger partial charge in [0.2, 0.25) is 0 Å². The number of aliphatic carboxylic acids is 1. The zero-order valence-corrected chi connectivity index (χ0v) is 16.7. The van der Waals surface area contributed by atoms with E-state index < -0.39 is 17.6 Å². The summed E-state index contributed by atoms with van der Waals surface area (Å²) >= 11 is 0. The smallest absolute Gasteiger partial charge is 0.323 e. The molecule has 1 N–H and O–H groups in total. The third kappa shape index (κ3) is 4.09. The molecule has 0 aliphatic heterocycles. The highest BCUT2D eigenvalue weighted by Gasteiger charge is 2.18. The Balaban J connectivity index is 1.75. The summed E-state index contributed by atoms with van der Waals surface area (Å²) < 4.78 is 30.7. The minimum atomic E-state index is -1.01. The van der Waals surface area contributed by atoms with Crippen LogP contribution in [0.15, 0.2) is 59.4 Å². The molecule has 0 radical (unpaired) electrons. The number of benzene rings is 2. The Bertz CT molecular complexity index is 1360. The Morgan fingerprint density at radius 2 is 1.87 bits per heavy atom. The van der Waals surface area contributed by atoms with Crippen LogP contribution in [-0.4, -0.2) is 25.4 Å². The Hall–Kier alpha value is -3.81. The summed E-state index contributed by atoms with van der Waals surface area (Å²) in [5.74, 6) is -1.86. The minimum absolute atomic E-state index is 0.0201. The van der Waals surface area contributed by atoms with Gasteiger partial charge in [0.15, 0.2) is 0 Å². The van der Waals surface area contributed by atoms with E-state index in [1.54, 1.807) is 41.8 Å². The summed E-state index contributed by atoms with van der Waals surface area (Å²) in [4.78, 5) is 23.6. The van der Waals surface area contributed by atoms with E-state index in [0.717, 1.165) is 5.56 Å². The van der Waals surface area contributed by atoms with Crippen molar-refractivity contribution in [3.8, 4) is 0 Å². The van der Waals surface area contributed by atoms with E-state index in [-0.39, 0.29) is 25.1 Å². The molecular formula is C23H19F2N3O3. The van der Waals surface area contributed by atoms with Gasteiger partial charge in [-0.25, -0.2) is 13.5 Å². The lowest BCUT2D eigenvalue weighted by atomic mass is 10.1. The third-order valence-corrected chi connectivity index (χ3v) is 5.27. The van der Waals surface area contributed by atoms with Crippen molar-refractivity contribution in [2.24, 2.45) is 0 Å². The van der Waals surface area contributed by atoms with Gasteiger partial charge in [-0.15, -0.1) is 0 Å². The Morgan fingerprint density at radius 1 is 1.10 bits per heavy atom. The fraction of sp³-hybridized carbons (Fsp3) is 0.174. The molecule has 8 heteroatoms. The molecule has 0 bridgehead atoms. The van der Waals surface area contributed by atoms with Crippen molar-refractivity contribution in [1.29, 1.82) is 0 Å². The predicted molar refractivity (Wildman–Crippen MR) is 111 cm³/mol. The molecule has 0 aliphatic rings. The summed E-state index contributed by atoms with van der Waals surface area (Å²) in [5, 5.41) is 14.2. The maximum atomic E-state index is 14.0. The van der Waals surface area contributed by atoms with Gasteiger partial charge < -0.3 is 9.67 Å². The highest BCUT2D eigenvalue weighted by atomic mass is 19.1. The Kier molecular flexibility index (Phi) is 5.37. The lowest BCUT2D eigenvalue weighted by Crippen LogP contribution is -2.24. The molecule has 6 nitrogen and oxygen atoms in total. The van der Waals surface area contributed by atoms with E-state index >= 15 is 0 Å². The minimum Gasteiger partial charge on any atom is -0.480 e. The second-order valence-corrected chi connectivity index (χ2v) is 7.29. The number of carboxylic acid groups (broad SMARTS) is 1. The van der Waals surface area contributed by atoms with Gasteiger partial charge in [0.05, 0.1) is 12.2 Å². The van der Waals surface area contributed by atoms with Crippen LogP contribution in [0, 0.1) is 18.6 Å². The van der Waals surface area contributed by atoms with Crippen molar-refractivity contribution >= 4 is 16.9 Å². The first kappa shape index (κ1) is 20.5. The molecule has 2 aromatic carbocycles. The fourth-order valence-corrected chi connectivity index (χ4v) is 3.75. The highest BCUT2D eigenvalue weighted by molar-refractivity contribution is 5.87. The molecule has 0 aliphatic carbocycles. The Labute approximate surface area is 176 Å². The van der Waals surface area contributed by atoms with Crippen LogP contribution in [0.5, 0.6) is 0 Å². The zero-order chi connectivity index (χ0) is 22.1. The normalized spacial score (nSPS) is 11.2. The topological polar surface area (TPSA) is 77.1 Å². The van der Waals surface area contributed by atoms with Crippen molar-refractivity contribution in [3.63, 3.8) is 0 Å². The molecule has 0 amide bonds. The van der Waals surface area contributed by atoms with Crippen LogP contribution in [0.1, 0.15) is 22.5 Å². The number of aromatic nitrogens is 3. The SMILES string of the molecule is Cc1c(Cc2ccc(=O)n(Cc3ccccc3F)n2)c2cc(F)ccc2n1CC(=O)O. The van der Waals surface area contributed by atoms with Gasteiger partial charge in [-0.1, -0.05) is 18.2 Å². The lowest BCUT2D eigenvalue weighted by molar-refractivity contribution is -0.137. The van der Waals surface area contributed by atoms with Gasteiger partial charge in [0.1, 0.15) is 18.2 Å². The van der Waals surface area contributed by atoms with Gasteiger partial charge in [0, 0.05) is 34.6 Å². The van der Waals surface area contributed by atoms with E-state index in [1.807, 2.05) is 0 Å². The van der Waals surface area contributed by atoms with Crippen molar-refractivity contribution in [2.75, 3.05) is 0 Å². The first-order valence-corrected chi connectivity index (χ1v) is 9.63. The molecule has 158 valence electrons. The van der Waals surface area contributed by atoms with Crippen LogP contribution >= 0.6 is 0 Å². The number of fused-ring (bicyclic) bond motifs is 1. The molecule has 0 fully saturated rings. The van der Waals surface area contributed by atoms with E-state index in [2.05, 4.69) is 5.10 Å². The number of carbonyl (C=O) groups is 1. The molecule has 0 unspecified atom stereocenters. The largest absolute Gasteiger partial charge is 0.480 e. The van der Waals surface area contributed by atoms with Crippen LogP contribution in [0.4, 0.5) is 8.78 Å². The Morgan fingerprint density at radius 3 is 2.61 bits per heavy atom. The second-order valence-electron chi connectivity index (χ2n) is 7.29. The fourth-order valence-electron chi connectivity index (χ4n) is 3.75. The van der Waals surface area contributed by atoms with Gasteiger partial charge in [-0.05, 0) is 42.8 Å². The van der Waals surface area contributed by atoms with E-state index in [1.165, 1.54) is 28.9 Å². The number of hydrogen-bond acceptors (Lipinski definition) is 3. The summed E-state index contributed by atoms with van der Waals surface area (Å²) in [6.45, 7) is 1.49. The van der Waals surface area contributed by atoms with E-state index in [0.29, 0.717) is 27.9 Å². The first-order chi connectivity index (χ1) is 14.8. The monoisotopic (exact) mass is 423 g/mol. The van der Waals surface area contributed by atoms with Crippen LogP contribution in [0.2, 0.25) is 0 Å². The van der Waals surface area contributed by atoms with Gasteiger partial charge >= 0.3 is 5.97 Å². The lowest BCUT2D eigenvalue weighted by Gasteiger charge is -2.09. The van der Waals surface area contributed by atoms with Gasteiger partial charge in [-0.3, -0.25) is 9.59 Å². The van der Waals surface area contributed by atoms with Crippen molar-refractivity contribution in [1.82, 2.24) is 14.3 Å². The van der Waals surface area contributed by atoms with Gasteiger partial charge in [-0.2, -0.15) is 5.10 Å². The summed E-state index contributed by atoms with van der Waals surface area (Å²) in [7, 11) is 0. The molecule has 4 rings (SSSR count). The molecular weight excluding hydrogens is 404 g/mol. The molecule has 2 aromatic heterocycles. The maximum Gasteiger partial charge on any atom is 0.323 e. The van der Waals surface area contributed by atoms with E-state index in [9.17, 15) is 23.5 Å². The predicted octanol–water partition coefficient (Wildman–Crippen LogP) is 3.51. The number of nitrogens with zero attached hydrogens (tertiary/aromatic N) is 3. The molecule has 0 saturated carbocycles. The highest BCUT2D eigenvalue weighted by Crippen LogP contribution is 2.28. The number of rotatable bonds is 6. The standard InChI is InChI=1S/C23H19F2N3O3/c1-14-18(19-10-16(24)6-8-21(19)27(14)13-23(30)31)11-17-7-9-22(29)28(26-17)12-15-4-2-3-5-20(15)25/h2-10H,11-13H2,1H3,(H,30,31). The molecule has 0 atom stereocenters. The van der Waals surface area contributed by atoms with Crippen molar-refractivity contribution < 1.29 is 18.7 Å². The van der Waals surface area contributed by atoms with Crippen molar-refractivity contribution in [2.45, 2.75) is 26.4 Å². The summed E-state index contributed by atoms with van der Waals surface area (Å²) in [6.07, 6.45) is 0.260. The summed E-state index contributed by atoms with van der Waals surface area (Å²) in [5.41, 5.74) is 2.50. The number of hydrogen-bond donors (Lipinski definition) is 1. The molecule has 31 heavy (non-hydrogen) atoms.